The summed E-state index contributed by atoms with van der Waals surface area (Å²) in [4.78, 5) is 0. The van der Waals surface area contributed by atoms with E-state index in [4.69, 9.17) is 4.74 Å². The average molecular weight is 388 g/mol. The highest BCUT2D eigenvalue weighted by molar-refractivity contribution is 7.99. The van der Waals surface area contributed by atoms with E-state index in [1.807, 2.05) is 54.6 Å². The molecule has 0 unspecified atom stereocenters. The molecule has 0 bridgehead atoms. The second kappa shape index (κ2) is 8.76. The highest BCUT2D eigenvalue weighted by Gasteiger charge is 2.15. The highest BCUT2D eigenvalue weighted by Crippen LogP contribution is 2.27. The van der Waals surface area contributed by atoms with E-state index in [1.165, 1.54) is 5.56 Å². The number of thioether (sulfide) groups is 1. The number of hydrogen-bond acceptors (Lipinski definition) is 4. The molecule has 28 heavy (non-hydrogen) atoms. The Morgan fingerprint density at radius 3 is 2.36 bits per heavy atom. The molecule has 0 spiro atoms. The van der Waals surface area contributed by atoms with Gasteiger partial charge in [0, 0.05) is 17.0 Å². The van der Waals surface area contributed by atoms with E-state index in [0.717, 1.165) is 33.7 Å². The summed E-state index contributed by atoms with van der Waals surface area (Å²) < 4.78 is 7.97. The van der Waals surface area contributed by atoms with E-state index in [-0.39, 0.29) is 0 Å². The number of ether oxygens (including phenoxy) is 1. The van der Waals surface area contributed by atoms with Crippen molar-refractivity contribution in [3.63, 3.8) is 0 Å². The molecule has 0 atom stereocenters. The first kappa shape index (κ1) is 18.3. The maximum absolute atomic E-state index is 5.87. The van der Waals surface area contributed by atoms with Crippen molar-refractivity contribution in [2.45, 2.75) is 12.1 Å². The van der Waals surface area contributed by atoms with Gasteiger partial charge < -0.3 is 4.74 Å². The number of aryl methyl sites for hydroxylation is 1. The third kappa shape index (κ3) is 4.26. The summed E-state index contributed by atoms with van der Waals surface area (Å²) in [6.45, 7) is 2.67. The smallest absolute Gasteiger partial charge is 0.196 e. The predicted octanol–water partition coefficient (Wildman–Crippen LogP) is 5.41. The molecular weight excluding hydrogens is 366 g/mol. The maximum Gasteiger partial charge on any atom is 0.196 e. The number of rotatable bonds is 7. The third-order valence-corrected chi connectivity index (χ3v) is 5.15. The molecule has 1 heterocycles. The van der Waals surface area contributed by atoms with Gasteiger partial charge in [-0.15, -0.1) is 10.2 Å². The third-order valence-electron chi connectivity index (χ3n) is 4.25. The zero-order valence-corrected chi connectivity index (χ0v) is 16.5. The van der Waals surface area contributed by atoms with Crippen molar-refractivity contribution in [2.75, 3.05) is 12.4 Å². The zero-order valence-electron chi connectivity index (χ0n) is 15.7. The molecule has 0 aliphatic carbocycles. The van der Waals surface area contributed by atoms with Crippen LogP contribution in [0.4, 0.5) is 0 Å². The fourth-order valence-corrected chi connectivity index (χ4v) is 3.71. The quantitative estimate of drug-likeness (QED) is 0.314. The van der Waals surface area contributed by atoms with Gasteiger partial charge in [-0.05, 0) is 36.8 Å². The minimum atomic E-state index is 0.608. The first-order valence-electron chi connectivity index (χ1n) is 9.20. The number of benzene rings is 3. The molecule has 0 saturated heterocycles. The Morgan fingerprint density at radius 1 is 0.857 bits per heavy atom. The Morgan fingerprint density at radius 2 is 1.61 bits per heavy atom. The molecule has 140 valence electrons. The molecule has 0 aliphatic rings. The topological polar surface area (TPSA) is 39.9 Å². The largest absolute Gasteiger partial charge is 0.493 e. The van der Waals surface area contributed by atoms with Crippen molar-refractivity contribution in [1.82, 2.24) is 14.8 Å². The first-order chi connectivity index (χ1) is 13.8. The summed E-state index contributed by atoms with van der Waals surface area (Å²) in [6, 6.07) is 28.5. The van der Waals surface area contributed by atoms with E-state index in [2.05, 4.69) is 52.0 Å². The van der Waals surface area contributed by atoms with E-state index in [0.29, 0.717) is 6.61 Å². The van der Waals surface area contributed by atoms with Crippen molar-refractivity contribution in [3.05, 3.63) is 90.5 Å². The second-order valence-corrected chi connectivity index (χ2v) is 7.42. The van der Waals surface area contributed by atoms with Gasteiger partial charge in [0.15, 0.2) is 11.0 Å². The van der Waals surface area contributed by atoms with Crippen LogP contribution in [0.2, 0.25) is 0 Å². The molecule has 4 aromatic rings. The monoisotopic (exact) mass is 387 g/mol. The number of para-hydroxylation sites is 1. The summed E-state index contributed by atoms with van der Waals surface area (Å²) in [7, 11) is 0. The first-order valence-corrected chi connectivity index (χ1v) is 10.2. The van der Waals surface area contributed by atoms with Crippen LogP contribution in [0.5, 0.6) is 5.75 Å². The zero-order chi connectivity index (χ0) is 19.2. The van der Waals surface area contributed by atoms with E-state index >= 15 is 0 Å². The number of nitrogens with zero attached hydrogens (tertiary/aromatic N) is 3. The van der Waals surface area contributed by atoms with Crippen molar-refractivity contribution in [2.24, 2.45) is 0 Å². The summed E-state index contributed by atoms with van der Waals surface area (Å²) in [5.41, 5.74) is 3.29. The predicted molar refractivity (Wildman–Crippen MR) is 114 cm³/mol. The fraction of sp³-hybridized carbons (Fsp3) is 0.130. The van der Waals surface area contributed by atoms with Crippen LogP contribution in [-0.4, -0.2) is 27.1 Å². The lowest BCUT2D eigenvalue weighted by Gasteiger charge is -2.11. The summed E-state index contributed by atoms with van der Waals surface area (Å²) in [6.07, 6.45) is 0. The molecule has 0 amide bonds. The van der Waals surface area contributed by atoms with Gasteiger partial charge in [0.1, 0.15) is 5.75 Å². The van der Waals surface area contributed by atoms with Crippen molar-refractivity contribution in [3.8, 4) is 22.8 Å². The molecule has 0 radical (unpaired) electrons. The van der Waals surface area contributed by atoms with Crippen LogP contribution >= 0.6 is 11.8 Å². The summed E-state index contributed by atoms with van der Waals surface area (Å²) >= 11 is 1.65. The van der Waals surface area contributed by atoms with Crippen LogP contribution in [0.25, 0.3) is 17.1 Å². The van der Waals surface area contributed by atoms with Crippen LogP contribution in [0.3, 0.4) is 0 Å². The molecule has 3 aromatic carbocycles. The lowest BCUT2D eigenvalue weighted by molar-refractivity contribution is 0.343. The van der Waals surface area contributed by atoms with Crippen LogP contribution < -0.4 is 4.74 Å². The van der Waals surface area contributed by atoms with Crippen LogP contribution in [0, 0.1) is 6.92 Å². The van der Waals surface area contributed by atoms with Crippen molar-refractivity contribution < 1.29 is 4.74 Å². The lowest BCUT2D eigenvalue weighted by atomic mass is 10.2. The van der Waals surface area contributed by atoms with Gasteiger partial charge in [-0.25, -0.2) is 0 Å². The Hall–Kier alpha value is -3.05. The Labute approximate surface area is 169 Å². The Balaban J connectivity index is 1.53. The fourth-order valence-electron chi connectivity index (χ4n) is 2.95. The van der Waals surface area contributed by atoms with Gasteiger partial charge in [0.25, 0.3) is 0 Å². The Bertz CT molecular complexity index is 1030. The van der Waals surface area contributed by atoms with Gasteiger partial charge in [-0.2, -0.15) is 0 Å². The molecule has 0 saturated carbocycles. The Kier molecular flexibility index (Phi) is 5.73. The number of hydrogen-bond donors (Lipinski definition) is 0. The molecule has 0 aliphatic heterocycles. The molecule has 0 fully saturated rings. The van der Waals surface area contributed by atoms with Crippen LogP contribution in [0.15, 0.2) is 90.1 Å². The van der Waals surface area contributed by atoms with Gasteiger partial charge in [0.05, 0.1) is 6.61 Å². The average Bonchev–Trinajstić information content (AvgIpc) is 3.16. The van der Waals surface area contributed by atoms with Crippen LogP contribution in [0.1, 0.15) is 5.56 Å². The van der Waals surface area contributed by atoms with E-state index in [1.54, 1.807) is 11.8 Å². The normalized spacial score (nSPS) is 10.8. The molecule has 4 rings (SSSR count). The molecular formula is C23H21N3OS. The molecule has 1 aromatic heterocycles. The van der Waals surface area contributed by atoms with Gasteiger partial charge >= 0.3 is 0 Å². The summed E-state index contributed by atoms with van der Waals surface area (Å²) in [5, 5.41) is 9.77. The maximum atomic E-state index is 5.87. The second-order valence-electron chi connectivity index (χ2n) is 6.36. The SMILES string of the molecule is Cc1cccc(OCCSc2nnc(-c3ccccc3)n2-c2ccccc2)c1. The molecule has 4 nitrogen and oxygen atoms in total. The standard InChI is InChI=1S/C23H21N3OS/c1-18-9-8-14-21(17-18)27-15-16-28-23-25-24-22(19-10-4-2-5-11-19)26(23)20-12-6-3-7-13-20/h2-14,17H,15-16H2,1H3. The van der Waals surface area contributed by atoms with Crippen molar-refractivity contribution >= 4 is 11.8 Å². The summed E-state index contributed by atoms with van der Waals surface area (Å²) in [5.74, 6) is 2.53. The molecule has 0 N–H and O–H groups in total. The van der Waals surface area contributed by atoms with E-state index < -0.39 is 0 Å². The van der Waals surface area contributed by atoms with Crippen molar-refractivity contribution in [1.29, 1.82) is 0 Å². The molecule has 5 heteroatoms. The van der Waals surface area contributed by atoms with E-state index in [9.17, 15) is 0 Å². The minimum Gasteiger partial charge on any atom is -0.493 e. The number of aromatic nitrogens is 3. The van der Waals surface area contributed by atoms with Gasteiger partial charge in [-0.1, -0.05) is 72.4 Å². The van der Waals surface area contributed by atoms with Gasteiger partial charge in [-0.3, -0.25) is 4.57 Å². The lowest BCUT2D eigenvalue weighted by Crippen LogP contribution is -2.03. The highest BCUT2D eigenvalue weighted by atomic mass is 32.2. The van der Waals surface area contributed by atoms with Gasteiger partial charge in [0.2, 0.25) is 0 Å². The van der Waals surface area contributed by atoms with Crippen LogP contribution in [-0.2, 0) is 0 Å². The minimum absolute atomic E-state index is 0.608.